The number of piperazine rings is 1. The smallest absolute Gasteiger partial charge is 0.253 e. The van der Waals surface area contributed by atoms with Crippen molar-refractivity contribution in [2.45, 2.75) is 12.7 Å². The Hall–Kier alpha value is -2.18. The molecule has 0 atom stereocenters. The fourth-order valence-corrected chi connectivity index (χ4v) is 4.43. The van der Waals surface area contributed by atoms with Crippen LogP contribution in [0.1, 0.15) is 21.5 Å². The zero-order chi connectivity index (χ0) is 17.9. The van der Waals surface area contributed by atoms with Crippen molar-refractivity contribution in [2.75, 3.05) is 26.2 Å². The predicted molar refractivity (Wildman–Crippen MR) is 97.7 cm³/mol. The minimum Gasteiger partial charge on any atom is -0.336 e. The highest BCUT2D eigenvalue weighted by atomic mass is 32.2. The summed E-state index contributed by atoms with van der Waals surface area (Å²) in [6.07, 6.45) is 0. The van der Waals surface area contributed by atoms with Gasteiger partial charge in [0.15, 0.2) is 0 Å². The monoisotopic (exact) mass is 358 g/mol. The van der Waals surface area contributed by atoms with Gasteiger partial charge in [-0.3, -0.25) is 4.79 Å². The summed E-state index contributed by atoms with van der Waals surface area (Å²) in [6.45, 7) is 3.49. The van der Waals surface area contributed by atoms with Gasteiger partial charge in [0.2, 0.25) is 10.0 Å². The van der Waals surface area contributed by atoms with E-state index in [4.69, 9.17) is 0 Å². The fraction of sp³-hybridized carbons (Fsp3) is 0.316. The maximum Gasteiger partial charge on any atom is 0.253 e. The van der Waals surface area contributed by atoms with E-state index in [-0.39, 0.29) is 11.7 Å². The molecule has 25 heavy (non-hydrogen) atoms. The molecule has 1 aliphatic rings. The molecule has 132 valence electrons. The van der Waals surface area contributed by atoms with Gasteiger partial charge >= 0.3 is 0 Å². The lowest BCUT2D eigenvalue weighted by Crippen LogP contribution is -2.50. The fourth-order valence-electron chi connectivity index (χ4n) is 2.92. The third kappa shape index (κ3) is 4.27. The standard InChI is InChI=1S/C19H22N2O3S/c1-16-7-9-17(10-8-16)15-25(23,24)21-13-11-20(12-14-21)19(22)18-5-3-2-4-6-18/h2-10H,11-15H2,1H3. The third-order valence-electron chi connectivity index (χ3n) is 4.41. The first-order chi connectivity index (χ1) is 12.0. The van der Waals surface area contributed by atoms with E-state index < -0.39 is 10.0 Å². The molecular weight excluding hydrogens is 336 g/mol. The highest BCUT2D eigenvalue weighted by Crippen LogP contribution is 2.15. The Balaban J connectivity index is 1.61. The first-order valence-electron chi connectivity index (χ1n) is 8.33. The van der Waals surface area contributed by atoms with Gasteiger partial charge in [-0.05, 0) is 24.6 Å². The molecule has 0 saturated carbocycles. The summed E-state index contributed by atoms with van der Waals surface area (Å²) in [6, 6.07) is 16.6. The number of hydrogen-bond donors (Lipinski definition) is 0. The molecule has 1 aliphatic heterocycles. The first kappa shape index (κ1) is 17.6. The summed E-state index contributed by atoms with van der Waals surface area (Å²) in [4.78, 5) is 14.2. The highest BCUT2D eigenvalue weighted by Gasteiger charge is 2.29. The number of carbonyl (C=O) groups excluding carboxylic acids is 1. The van der Waals surface area contributed by atoms with Crippen molar-refractivity contribution in [3.05, 3.63) is 71.3 Å². The van der Waals surface area contributed by atoms with Crippen LogP contribution in [0.4, 0.5) is 0 Å². The van der Waals surface area contributed by atoms with Gasteiger partial charge in [0.25, 0.3) is 5.91 Å². The van der Waals surface area contributed by atoms with Crippen molar-refractivity contribution in [1.29, 1.82) is 0 Å². The molecule has 0 radical (unpaired) electrons. The van der Waals surface area contributed by atoms with Gasteiger partial charge < -0.3 is 4.90 Å². The maximum absolute atomic E-state index is 12.6. The van der Waals surface area contributed by atoms with E-state index in [2.05, 4.69) is 0 Å². The zero-order valence-electron chi connectivity index (χ0n) is 14.3. The van der Waals surface area contributed by atoms with E-state index >= 15 is 0 Å². The summed E-state index contributed by atoms with van der Waals surface area (Å²) in [5.41, 5.74) is 2.53. The average Bonchev–Trinajstić information content (AvgIpc) is 2.64. The lowest BCUT2D eigenvalue weighted by molar-refractivity contribution is 0.0698. The minimum atomic E-state index is -3.37. The van der Waals surface area contributed by atoms with Gasteiger partial charge in [-0.25, -0.2) is 8.42 Å². The Morgan fingerprint density at radius 2 is 1.52 bits per heavy atom. The second-order valence-electron chi connectivity index (χ2n) is 6.30. The quantitative estimate of drug-likeness (QED) is 0.843. The zero-order valence-corrected chi connectivity index (χ0v) is 15.1. The van der Waals surface area contributed by atoms with Crippen LogP contribution < -0.4 is 0 Å². The number of aryl methyl sites for hydroxylation is 1. The maximum atomic E-state index is 12.6. The van der Waals surface area contributed by atoms with Crippen molar-refractivity contribution >= 4 is 15.9 Å². The summed E-state index contributed by atoms with van der Waals surface area (Å²) in [5, 5.41) is 0. The lowest BCUT2D eigenvalue weighted by Gasteiger charge is -2.34. The lowest BCUT2D eigenvalue weighted by atomic mass is 10.2. The van der Waals surface area contributed by atoms with Gasteiger partial charge in [0.05, 0.1) is 5.75 Å². The Labute approximate surface area is 148 Å². The van der Waals surface area contributed by atoms with Crippen LogP contribution in [0.3, 0.4) is 0 Å². The number of amides is 1. The summed E-state index contributed by atoms with van der Waals surface area (Å²) in [7, 11) is -3.37. The van der Waals surface area contributed by atoms with Crippen LogP contribution in [-0.4, -0.2) is 49.7 Å². The van der Waals surface area contributed by atoms with E-state index in [0.29, 0.717) is 31.7 Å². The molecule has 1 fully saturated rings. The van der Waals surface area contributed by atoms with Crippen LogP contribution in [-0.2, 0) is 15.8 Å². The molecule has 1 saturated heterocycles. The van der Waals surface area contributed by atoms with E-state index in [1.165, 1.54) is 4.31 Å². The minimum absolute atomic E-state index is 0.0000876. The third-order valence-corrected chi connectivity index (χ3v) is 6.26. The molecule has 0 spiro atoms. The molecular formula is C19H22N2O3S. The first-order valence-corrected chi connectivity index (χ1v) is 9.94. The molecule has 0 bridgehead atoms. The van der Waals surface area contributed by atoms with Gasteiger partial charge in [-0.15, -0.1) is 0 Å². The molecule has 5 nitrogen and oxygen atoms in total. The number of sulfonamides is 1. The summed E-state index contributed by atoms with van der Waals surface area (Å²) < 4.78 is 26.7. The molecule has 6 heteroatoms. The molecule has 1 amide bonds. The number of carbonyl (C=O) groups is 1. The van der Waals surface area contributed by atoms with Crippen molar-refractivity contribution in [1.82, 2.24) is 9.21 Å². The molecule has 2 aromatic carbocycles. The second kappa shape index (κ2) is 7.37. The van der Waals surface area contributed by atoms with Crippen LogP contribution >= 0.6 is 0 Å². The Bertz CT molecular complexity index is 825. The van der Waals surface area contributed by atoms with Crippen LogP contribution in [0, 0.1) is 6.92 Å². The number of benzene rings is 2. The molecule has 1 heterocycles. The Morgan fingerprint density at radius 3 is 2.12 bits per heavy atom. The van der Waals surface area contributed by atoms with Crippen molar-refractivity contribution in [3.63, 3.8) is 0 Å². The van der Waals surface area contributed by atoms with Crippen molar-refractivity contribution in [3.8, 4) is 0 Å². The van der Waals surface area contributed by atoms with Gasteiger partial charge in [-0.1, -0.05) is 48.0 Å². The topological polar surface area (TPSA) is 57.7 Å². The summed E-state index contributed by atoms with van der Waals surface area (Å²) >= 11 is 0. The van der Waals surface area contributed by atoms with Gasteiger partial charge in [-0.2, -0.15) is 4.31 Å². The van der Waals surface area contributed by atoms with Crippen LogP contribution in [0.2, 0.25) is 0 Å². The van der Waals surface area contributed by atoms with Crippen LogP contribution in [0.15, 0.2) is 54.6 Å². The molecule has 0 aliphatic carbocycles. The van der Waals surface area contributed by atoms with E-state index in [1.807, 2.05) is 49.4 Å². The van der Waals surface area contributed by atoms with Crippen LogP contribution in [0.5, 0.6) is 0 Å². The normalized spacial score (nSPS) is 16.0. The highest BCUT2D eigenvalue weighted by molar-refractivity contribution is 7.88. The van der Waals surface area contributed by atoms with Crippen molar-refractivity contribution in [2.24, 2.45) is 0 Å². The molecule has 0 N–H and O–H groups in total. The molecule has 2 aromatic rings. The van der Waals surface area contributed by atoms with Gasteiger partial charge in [0, 0.05) is 31.7 Å². The number of rotatable bonds is 4. The SMILES string of the molecule is Cc1ccc(CS(=O)(=O)N2CCN(C(=O)c3ccccc3)CC2)cc1. The Morgan fingerprint density at radius 1 is 0.920 bits per heavy atom. The van der Waals surface area contributed by atoms with E-state index in [1.54, 1.807) is 17.0 Å². The molecule has 0 unspecified atom stereocenters. The number of hydrogen-bond acceptors (Lipinski definition) is 3. The second-order valence-corrected chi connectivity index (χ2v) is 8.27. The van der Waals surface area contributed by atoms with Crippen LogP contribution in [0.25, 0.3) is 0 Å². The largest absolute Gasteiger partial charge is 0.336 e. The Kier molecular flexibility index (Phi) is 5.20. The average molecular weight is 358 g/mol. The van der Waals surface area contributed by atoms with Crippen molar-refractivity contribution < 1.29 is 13.2 Å². The summed E-state index contributed by atoms with van der Waals surface area (Å²) in [5.74, 6) is -0.0453. The predicted octanol–water partition coefficient (Wildman–Crippen LogP) is 2.28. The van der Waals surface area contributed by atoms with E-state index in [9.17, 15) is 13.2 Å². The molecule has 3 rings (SSSR count). The molecule has 0 aromatic heterocycles. The van der Waals surface area contributed by atoms with Gasteiger partial charge in [0.1, 0.15) is 0 Å². The van der Waals surface area contributed by atoms with E-state index in [0.717, 1.165) is 11.1 Å². The number of nitrogens with zero attached hydrogens (tertiary/aromatic N) is 2.